The molecule has 0 aliphatic rings. The van der Waals surface area contributed by atoms with Gasteiger partial charge in [0.1, 0.15) is 0 Å². The average Bonchev–Trinajstić information content (AvgIpc) is 2.34. The Hall–Kier alpha value is -0.770. The van der Waals surface area contributed by atoms with E-state index >= 15 is 0 Å². The fourth-order valence-corrected chi connectivity index (χ4v) is 2.20. The van der Waals surface area contributed by atoms with Gasteiger partial charge in [-0.1, -0.05) is 24.6 Å². The van der Waals surface area contributed by atoms with Crippen LogP contribution in [0.4, 0.5) is 5.69 Å². The maximum Gasteiger partial charge on any atom is 0.0642 e. The number of anilines is 1. The second kappa shape index (κ2) is 7.62. The quantitative estimate of drug-likeness (QED) is 0.826. The molecule has 0 fully saturated rings. The van der Waals surface area contributed by atoms with Gasteiger partial charge in [0.25, 0.3) is 0 Å². The van der Waals surface area contributed by atoms with Gasteiger partial charge in [0.2, 0.25) is 0 Å². The van der Waals surface area contributed by atoms with Crippen molar-refractivity contribution in [3.8, 4) is 0 Å². The van der Waals surface area contributed by atoms with Gasteiger partial charge in [0, 0.05) is 26.2 Å². The standard InChI is InChI=1S/C14H24ClN3/c1-4-7-18(9-8-17(2)3)14-6-5-12(11-16)10-13(14)15/h5-6,10H,4,7-9,11,16H2,1-3H3. The molecule has 0 saturated heterocycles. The molecule has 3 nitrogen and oxygen atoms in total. The first kappa shape index (κ1) is 15.3. The Balaban J connectivity index is 2.84. The summed E-state index contributed by atoms with van der Waals surface area (Å²) < 4.78 is 0. The molecular formula is C14H24ClN3. The lowest BCUT2D eigenvalue weighted by Crippen LogP contribution is -2.32. The number of hydrogen-bond acceptors (Lipinski definition) is 3. The van der Waals surface area contributed by atoms with E-state index in [0.29, 0.717) is 6.54 Å². The summed E-state index contributed by atoms with van der Waals surface area (Å²) in [6.07, 6.45) is 1.11. The van der Waals surface area contributed by atoms with Crippen LogP contribution in [-0.4, -0.2) is 38.6 Å². The molecule has 1 aromatic carbocycles. The smallest absolute Gasteiger partial charge is 0.0642 e. The predicted octanol–water partition coefficient (Wildman–Crippen LogP) is 2.58. The van der Waals surface area contributed by atoms with E-state index in [9.17, 15) is 0 Å². The summed E-state index contributed by atoms with van der Waals surface area (Å²) in [6.45, 7) is 5.75. The van der Waals surface area contributed by atoms with Crippen LogP contribution in [0.1, 0.15) is 18.9 Å². The maximum absolute atomic E-state index is 6.34. The van der Waals surface area contributed by atoms with Gasteiger partial charge in [-0.2, -0.15) is 0 Å². The second-order valence-electron chi connectivity index (χ2n) is 4.78. The average molecular weight is 270 g/mol. The Kier molecular flexibility index (Phi) is 6.47. The van der Waals surface area contributed by atoms with Gasteiger partial charge in [-0.05, 0) is 38.2 Å². The van der Waals surface area contributed by atoms with Crippen molar-refractivity contribution >= 4 is 17.3 Å². The van der Waals surface area contributed by atoms with E-state index in [1.807, 2.05) is 6.07 Å². The van der Waals surface area contributed by atoms with E-state index in [-0.39, 0.29) is 0 Å². The second-order valence-corrected chi connectivity index (χ2v) is 5.19. The van der Waals surface area contributed by atoms with Crippen LogP contribution in [0.3, 0.4) is 0 Å². The molecule has 0 atom stereocenters. The summed E-state index contributed by atoms with van der Waals surface area (Å²) in [5.41, 5.74) is 7.81. The summed E-state index contributed by atoms with van der Waals surface area (Å²) in [5, 5.41) is 0.796. The zero-order chi connectivity index (χ0) is 13.5. The number of benzene rings is 1. The fraction of sp³-hybridized carbons (Fsp3) is 0.571. The van der Waals surface area contributed by atoms with Crippen molar-refractivity contribution < 1.29 is 0 Å². The molecule has 0 radical (unpaired) electrons. The van der Waals surface area contributed by atoms with E-state index in [1.165, 1.54) is 0 Å². The summed E-state index contributed by atoms with van der Waals surface area (Å²) >= 11 is 6.34. The van der Waals surface area contributed by atoms with Crippen LogP contribution in [0.5, 0.6) is 0 Å². The zero-order valence-electron chi connectivity index (χ0n) is 11.6. The third-order valence-corrected chi connectivity index (χ3v) is 3.20. The molecule has 0 saturated carbocycles. The van der Waals surface area contributed by atoms with Gasteiger partial charge in [0.05, 0.1) is 10.7 Å². The first-order chi connectivity index (χ1) is 8.58. The number of nitrogens with zero attached hydrogens (tertiary/aromatic N) is 2. The van der Waals surface area contributed by atoms with Gasteiger partial charge in [-0.15, -0.1) is 0 Å². The maximum atomic E-state index is 6.34. The topological polar surface area (TPSA) is 32.5 Å². The van der Waals surface area contributed by atoms with Crippen LogP contribution < -0.4 is 10.6 Å². The highest BCUT2D eigenvalue weighted by Gasteiger charge is 2.10. The van der Waals surface area contributed by atoms with E-state index in [4.69, 9.17) is 17.3 Å². The van der Waals surface area contributed by atoms with Crippen molar-refractivity contribution in [2.75, 3.05) is 38.6 Å². The molecule has 0 aliphatic heterocycles. The lowest BCUT2D eigenvalue weighted by Gasteiger charge is -2.27. The molecule has 0 heterocycles. The Morgan fingerprint density at radius 1 is 1.17 bits per heavy atom. The molecular weight excluding hydrogens is 246 g/mol. The van der Waals surface area contributed by atoms with Gasteiger partial charge in [-0.3, -0.25) is 0 Å². The Bertz CT molecular complexity index is 366. The normalized spacial score (nSPS) is 11.0. The summed E-state index contributed by atoms with van der Waals surface area (Å²) in [6, 6.07) is 6.10. The Morgan fingerprint density at radius 2 is 1.89 bits per heavy atom. The summed E-state index contributed by atoms with van der Waals surface area (Å²) in [4.78, 5) is 4.52. The van der Waals surface area contributed by atoms with Crippen molar-refractivity contribution in [2.45, 2.75) is 19.9 Å². The number of rotatable bonds is 7. The Morgan fingerprint density at radius 3 is 2.39 bits per heavy atom. The highest BCUT2D eigenvalue weighted by Crippen LogP contribution is 2.27. The predicted molar refractivity (Wildman–Crippen MR) is 80.4 cm³/mol. The monoisotopic (exact) mass is 269 g/mol. The van der Waals surface area contributed by atoms with Gasteiger partial charge in [0.15, 0.2) is 0 Å². The van der Waals surface area contributed by atoms with Gasteiger partial charge < -0.3 is 15.5 Å². The molecule has 0 amide bonds. The molecule has 1 rings (SSSR count). The minimum absolute atomic E-state index is 0.533. The molecule has 0 bridgehead atoms. The highest BCUT2D eigenvalue weighted by molar-refractivity contribution is 6.33. The van der Waals surface area contributed by atoms with Gasteiger partial charge >= 0.3 is 0 Å². The summed E-state index contributed by atoms with van der Waals surface area (Å²) in [7, 11) is 4.17. The summed E-state index contributed by atoms with van der Waals surface area (Å²) in [5.74, 6) is 0. The van der Waals surface area contributed by atoms with Crippen LogP contribution in [0, 0.1) is 0 Å². The number of nitrogens with two attached hydrogens (primary N) is 1. The van der Waals surface area contributed by atoms with Crippen molar-refractivity contribution in [1.82, 2.24) is 4.90 Å². The first-order valence-electron chi connectivity index (χ1n) is 6.46. The van der Waals surface area contributed by atoms with Crippen molar-refractivity contribution in [1.29, 1.82) is 0 Å². The van der Waals surface area contributed by atoms with E-state index in [2.05, 4.69) is 43.0 Å². The van der Waals surface area contributed by atoms with Gasteiger partial charge in [-0.25, -0.2) is 0 Å². The molecule has 18 heavy (non-hydrogen) atoms. The lowest BCUT2D eigenvalue weighted by molar-refractivity contribution is 0.413. The Labute approximate surface area is 116 Å². The number of likely N-dealkylation sites (N-methyl/N-ethyl adjacent to an activating group) is 1. The fourth-order valence-electron chi connectivity index (χ4n) is 1.88. The minimum Gasteiger partial charge on any atom is -0.369 e. The minimum atomic E-state index is 0.533. The van der Waals surface area contributed by atoms with E-state index in [1.54, 1.807) is 0 Å². The van der Waals surface area contributed by atoms with Crippen LogP contribution in [0.15, 0.2) is 18.2 Å². The first-order valence-corrected chi connectivity index (χ1v) is 6.84. The molecule has 102 valence electrons. The molecule has 0 aromatic heterocycles. The number of halogens is 1. The zero-order valence-corrected chi connectivity index (χ0v) is 12.4. The molecule has 0 spiro atoms. The molecule has 2 N–H and O–H groups in total. The third kappa shape index (κ3) is 4.48. The van der Waals surface area contributed by atoms with Crippen LogP contribution in [0.2, 0.25) is 5.02 Å². The molecule has 0 unspecified atom stereocenters. The van der Waals surface area contributed by atoms with Crippen molar-refractivity contribution in [3.63, 3.8) is 0 Å². The number of hydrogen-bond donors (Lipinski definition) is 1. The molecule has 4 heteroatoms. The van der Waals surface area contributed by atoms with Crippen LogP contribution >= 0.6 is 11.6 Å². The lowest BCUT2D eigenvalue weighted by atomic mass is 10.2. The van der Waals surface area contributed by atoms with E-state index < -0.39 is 0 Å². The molecule has 1 aromatic rings. The molecule has 0 aliphatic carbocycles. The van der Waals surface area contributed by atoms with Crippen molar-refractivity contribution in [3.05, 3.63) is 28.8 Å². The third-order valence-electron chi connectivity index (χ3n) is 2.90. The van der Waals surface area contributed by atoms with Crippen LogP contribution in [0.25, 0.3) is 0 Å². The van der Waals surface area contributed by atoms with Crippen LogP contribution in [-0.2, 0) is 6.54 Å². The SMILES string of the molecule is CCCN(CCN(C)C)c1ccc(CN)cc1Cl. The van der Waals surface area contributed by atoms with E-state index in [0.717, 1.165) is 42.3 Å². The van der Waals surface area contributed by atoms with Crippen molar-refractivity contribution in [2.24, 2.45) is 5.73 Å². The largest absolute Gasteiger partial charge is 0.369 e. The highest BCUT2D eigenvalue weighted by atomic mass is 35.5.